The molecule has 1 aliphatic heterocycles. The zero-order valence-corrected chi connectivity index (χ0v) is 15.8. The van der Waals surface area contributed by atoms with Crippen molar-refractivity contribution in [1.82, 2.24) is 9.88 Å². The lowest BCUT2D eigenvalue weighted by Gasteiger charge is -2.36. The van der Waals surface area contributed by atoms with Crippen molar-refractivity contribution in [3.05, 3.63) is 29.8 Å². The number of para-hydroxylation sites is 1. The number of halogens is 1. The van der Waals surface area contributed by atoms with Gasteiger partial charge in [0.25, 0.3) is 0 Å². The van der Waals surface area contributed by atoms with Gasteiger partial charge in [-0.2, -0.15) is 0 Å². The van der Waals surface area contributed by atoms with Gasteiger partial charge in [0.15, 0.2) is 0 Å². The van der Waals surface area contributed by atoms with Crippen molar-refractivity contribution in [3.63, 3.8) is 0 Å². The Morgan fingerprint density at radius 1 is 1.29 bits per heavy atom. The maximum absolute atomic E-state index is 12.1. The quantitative estimate of drug-likeness (QED) is 0.754. The van der Waals surface area contributed by atoms with E-state index in [1.54, 1.807) is 7.11 Å². The SMILES string of the molecule is COc1cccc2c(C)cc(N3CCN(C(=O)C(C)Br)CC3)nc12. The van der Waals surface area contributed by atoms with E-state index in [2.05, 4.69) is 39.9 Å². The van der Waals surface area contributed by atoms with Crippen molar-refractivity contribution in [2.45, 2.75) is 18.7 Å². The number of hydrogen-bond donors (Lipinski definition) is 0. The number of rotatable bonds is 3. The number of anilines is 1. The summed E-state index contributed by atoms with van der Waals surface area (Å²) in [6, 6.07) is 8.11. The lowest BCUT2D eigenvalue weighted by molar-refractivity contribution is -0.130. The van der Waals surface area contributed by atoms with E-state index in [9.17, 15) is 4.79 Å². The summed E-state index contributed by atoms with van der Waals surface area (Å²) in [5.41, 5.74) is 2.07. The second kappa shape index (κ2) is 6.97. The summed E-state index contributed by atoms with van der Waals surface area (Å²) < 4.78 is 5.46. The van der Waals surface area contributed by atoms with Crippen LogP contribution in [0.4, 0.5) is 5.82 Å². The number of benzene rings is 1. The number of carbonyl (C=O) groups is 1. The van der Waals surface area contributed by atoms with Crippen molar-refractivity contribution in [2.24, 2.45) is 0 Å². The first-order chi connectivity index (χ1) is 11.5. The van der Waals surface area contributed by atoms with E-state index in [0.29, 0.717) is 0 Å². The number of amides is 1. The number of pyridine rings is 1. The molecule has 0 N–H and O–H groups in total. The molecule has 1 aliphatic rings. The number of alkyl halides is 1. The third kappa shape index (κ3) is 3.20. The first-order valence-corrected chi connectivity index (χ1v) is 9.05. The Labute approximate surface area is 150 Å². The lowest BCUT2D eigenvalue weighted by Crippen LogP contribution is -2.50. The second-order valence-electron chi connectivity index (χ2n) is 6.08. The van der Waals surface area contributed by atoms with Gasteiger partial charge in [-0.15, -0.1) is 0 Å². The van der Waals surface area contributed by atoms with E-state index < -0.39 is 0 Å². The lowest BCUT2D eigenvalue weighted by atomic mass is 10.1. The number of methoxy groups -OCH3 is 1. The van der Waals surface area contributed by atoms with Crippen LogP contribution >= 0.6 is 15.9 Å². The molecule has 128 valence electrons. The van der Waals surface area contributed by atoms with Crippen LogP contribution < -0.4 is 9.64 Å². The Kier molecular flexibility index (Phi) is 4.94. The normalized spacial score (nSPS) is 16.3. The molecule has 1 saturated heterocycles. The minimum atomic E-state index is -0.130. The van der Waals surface area contributed by atoms with Gasteiger partial charge in [0, 0.05) is 31.6 Å². The molecule has 0 aliphatic carbocycles. The molecule has 0 radical (unpaired) electrons. The van der Waals surface area contributed by atoms with Gasteiger partial charge in [-0.25, -0.2) is 4.98 Å². The molecule has 1 atom stereocenters. The van der Waals surface area contributed by atoms with Gasteiger partial charge in [-0.3, -0.25) is 4.79 Å². The van der Waals surface area contributed by atoms with Crippen LogP contribution in [0.2, 0.25) is 0 Å². The summed E-state index contributed by atoms with van der Waals surface area (Å²) in [5, 5.41) is 1.11. The number of aryl methyl sites for hydroxylation is 1. The van der Waals surface area contributed by atoms with Crippen molar-refractivity contribution in [2.75, 3.05) is 38.2 Å². The Hall–Kier alpha value is -1.82. The van der Waals surface area contributed by atoms with E-state index in [1.807, 2.05) is 24.0 Å². The molecule has 2 aromatic rings. The van der Waals surface area contributed by atoms with Crippen LogP contribution in [0, 0.1) is 6.92 Å². The predicted molar refractivity (Wildman–Crippen MR) is 100 cm³/mol. The largest absolute Gasteiger partial charge is 0.494 e. The van der Waals surface area contributed by atoms with Crippen molar-refractivity contribution >= 4 is 38.6 Å². The number of ether oxygens (including phenoxy) is 1. The van der Waals surface area contributed by atoms with E-state index in [0.717, 1.165) is 48.6 Å². The fraction of sp³-hybridized carbons (Fsp3) is 0.444. The van der Waals surface area contributed by atoms with Gasteiger partial charge in [-0.05, 0) is 31.5 Å². The van der Waals surface area contributed by atoms with Crippen molar-refractivity contribution in [3.8, 4) is 5.75 Å². The van der Waals surface area contributed by atoms with Crippen LogP contribution in [0.15, 0.2) is 24.3 Å². The Morgan fingerprint density at radius 3 is 2.62 bits per heavy atom. The summed E-state index contributed by atoms with van der Waals surface area (Å²) in [7, 11) is 1.67. The summed E-state index contributed by atoms with van der Waals surface area (Å²) in [5.74, 6) is 1.89. The standard InChI is InChI=1S/C18H22BrN3O2/c1-12-11-16(20-17-14(12)5-4-6-15(17)24-3)21-7-9-22(10-8-21)18(23)13(2)19/h4-6,11,13H,7-10H2,1-3H3. The van der Waals surface area contributed by atoms with Gasteiger partial charge in [0.1, 0.15) is 17.1 Å². The zero-order valence-electron chi connectivity index (χ0n) is 14.3. The molecule has 1 unspecified atom stereocenters. The number of fused-ring (bicyclic) bond motifs is 1. The second-order valence-corrected chi connectivity index (χ2v) is 7.46. The molecule has 1 fully saturated rings. The highest BCUT2D eigenvalue weighted by Gasteiger charge is 2.24. The maximum atomic E-state index is 12.1. The molecule has 1 amide bonds. The van der Waals surface area contributed by atoms with Crippen LogP contribution in [0.1, 0.15) is 12.5 Å². The summed E-state index contributed by atoms with van der Waals surface area (Å²) in [6.07, 6.45) is 0. The monoisotopic (exact) mass is 391 g/mol. The topological polar surface area (TPSA) is 45.7 Å². The highest BCUT2D eigenvalue weighted by Crippen LogP contribution is 2.29. The zero-order chi connectivity index (χ0) is 17.3. The fourth-order valence-corrected chi connectivity index (χ4v) is 3.40. The molecular weight excluding hydrogens is 370 g/mol. The number of piperazine rings is 1. The first-order valence-electron chi connectivity index (χ1n) is 8.13. The molecule has 0 bridgehead atoms. The van der Waals surface area contributed by atoms with Crippen molar-refractivity contribution in [1.29, 1.82) is 0 Å². The molecule has 1 aromatic carbocycles. The Morgan fingerprint density at radius 2 is 2.00 bits per heavy atom. The van der Waals surface area contributed by atoms with Gasteiger partial charge in [-0.1, -0.05) is 28.1 Å². The predicted octanol–water partition coefficient (Wildman–Crippen LogP) is 2.98. The van der Waals surface area contributed by atoms with E-state index in [-0.39, 0.29) is 10.7 Å². The molecule has 0 saturated carbocycles. The third-order valence-corrected chi connectivity index (χ3v) is 4.86. The van der Waals surface area contributed by atoms with Gasteiger partial charge in [0.2, 0.25) is 5.91 Å². The fourth-order valence-electron chi connectivity index (χ4n) is 3.11. The highest BCUT2D eigenvalue weighted by atomic mass is 79.9. The smallest absolute Gasteiger partial charge is 0.236 e. The van der Waals surface area contributed by atoms with Crippen LogP contribution in [-0.2, 0) is 4.79 Å². The maximum Gasteiger partial charge on any atom is 0.236 e. The number of nitrogens with zero attached hydrogens (tertiary/aromatic N) is 3. The van der Waals surface area contributed by atoms with Gasteiger partial charge >= 0.3 is 0 Å². The Balaban J connectivity index is 1.85. The molecule has 3 rings (SSSR count). The van der Waals surface area contributed by atoms with Crippen LogP contribution in [-0.4, -0.2) is 53.9 Å². The van der Waals surface area contributed by atoms with E-state index in [4.69, 9.17) is 9.72 Å². The first kappa shape index (κ1) is 17.0. The average molecular weight is 392 g/mol. The Bertz CT molecular complexity index is 755. The average Bonchev–Trinajstić information content (AvgIpc) is 2.60. The molecule has 5 nitrogen and oxygen atoms in total. The van der Waals surface area contributed by atoms with Gasteiger partial charge < -0.3 is 14.5 Å². The third-order valence-electron chi connectivity index (χ3n) is 4.47. The van der Waals surface area contributed by atoms with E-state index in [1.165, 1.54) is 5.56 Å². The summed E-state index contributed by atoms with van der Waals surface area (Å²) >= 11 is 3.36. The minimum absolute atomic E-state index is 0.130. The summed E-state index contributed by atoms with van der Waals surface area (Å²) in [6.45, 7) is 6.99. The van der Waals surface area contributed by atoms with Crippen LogP contribution in [0.5, 0.6) is 5.75 Å². The van der Waals surface area contributed by atoms with Crippen LogP contribution in [0.25, 0.3) is 10.9 Å². The molecule has 24 heavy (non-hydrogen) atoms. The van der Waals surface area contributed by atoms with Crippen molar-refractivity contribution < 1.29 is 9.53 Å². The number of carbonyl (C=O) groups excluding carboxylic acids is 1. The molecule has 6 heteroatoms. The van der Waals surface area contributed by atoms with E-state index >= 15 is 0 Å². The minimum Gasteiger partial charge on any atom is -0.494 e. The molecule has 1 aromatic heterocycles. The molecule has 0 spiro atoms. The number of aromatic nitrogens is 1. The van der Waals surface area contributed by atoms with Gasteiger partial charge in [0.05, 0.1) is 11.9 Å². The highest BCUT2D eigenvalue weighted by molar-refractivity contribution is 9.10. The number of hydrogen-bond acceptors (Lipinski definition) is 4. The summed E-state index contributed by atoms with van der Waals surface area (Å²) in [4.78, 5) is 20.9. The van der Waals surface area contributed by atoms with Crippen LogP contribution in [0.3, 0.4) is 0 Å². The molecular formula is C18H22BrN3O2. The molecule has 2 heterocycles.